The smallest absolute Gasteiger partial charge is 0.220 e. The molecule has 0 saturated carbocycles. The molecule has 0 saturated heterocycles. The largest absolute Gasteiger partial charge is 0.399 e. The lowest BCUT2D eigenvalue weighted by molar-refractivity contribution is -0.122. The summed E-state index contributed by atoms with van der Waals surface area (Å²) in [5, 5.41) is 3.21. The number of nitrogen functional groups attached to an aromatic ring is 1. The summed E-state index contributed by atoms with van der Waals surface area (Å²) in [5.74, 6) is 0.150. The van der Waals surface area contributed by atoms with Crippen molar-refractivity contribution in [2.24, 2.45) is 0 Å². The van der Waals surface area contributed by atoms with E-state index in [1.165, 1.54) is 22.3 Å². The molecule has 0 radical (unpaired) electrons. The van der Waals surface area contributed by atoms with Gasteiger partial charge in [-0.15, -0.1) is 0 Å². The highest BCUT2D eigenvalue weighted by molar-refractivity contribution is 5.76. The Labute approximate surface area is 144 Å². The standard InChI is InChI=1S/C21H26N2O/c1-15-8-10-16(11-9-15)4-2-7-21(24)23-20-6-3-5-17-14-18(22)12-13-19(17)20/h8-14,20H,2-7,22H2,1H3,(H,23,24). The molecule has 1 aliphatic carbocycles. The molecule has 3 N–H and O–H groups in total. The van der Waals surface area contributed by atoms with Crippen molar-refractivity contribution < 1.29 is 4.79 Å². The fraction of sp³-hybridized carbons (Fsp3) is 0.381. The van der Waals surface area contributed by atoms with Crippen LogP contribution in [0.5, 0.6) is 0 Å². The molecule has 0 spiro atoms. The van der Waals surface area contributed by atoms with E-state index in [1.54, 1.807) is 0 Å². The summed E-state index contributed by atoms with van der Waals surface area (Å²) in [7, 11) is 0. The first kappa shape index (κ1) is 16.6. The molecule has 1 amide bonds. The normalized spacial score (nSPS) is 16.5. The summed E-state index contributed by atoms with van der Waals surface area (Å²) >= 11 is 0. The van der Waals surface area contributed by atoms with Crippen molar-refractivity contribution in [1.29, 1.82) is 0 Å². The van der Waals surface area contributed by atoms with Gasteiger partial charge in [-0.05, 0) is 67.9 Å². The van der Waals surface area contributed by atoms with E-state index < -0.39 is 0 Å². The number of nitrogens with two attached hydrogens (primary N) is 1. The molecule has 0 bridgehead atoms. The number of hydrogen-bond acceptors (Lipinski definition) is 2. The second-order valence-corrected chi connectivity index (χ2v) is 6.81. The number of aryl methyl sites for hydroxylation is 3. The minimum atomic E-state index is 0.140. The second-order valence-electron chi connectivity index (χ2n) is 6.81. The maximum absolute atomic E-state index is 12.3. The summed E-state index contributed by atoms with van der Waals surface area (Å²) in [6.45, 7) is 2.09. The average Bonchev–Trinajstić information content (AvgIpc) is 2.56. The predicted octanol–water partition coefficient (Wildman–Crippen LogP) is 4.09. The van der Waals surface area contributed by atoms with Crippen molar-refractivity contribution in [2.75, 3.05) is 5.73 Å². The maximum Gasteiger partial charge on any atom is 0.220 e. The zero-order valence-electron chi connectivity index (χ0n) is 14.3. The molecule has 0 heterocycles. The molecule has 126 valence electrons. The number of fused-ring (bicyclic) bond motifs is 1. The average molecular weight is 322 g/mol. The molecule has 3 rings (SSSR count). The third-order valence-electron chi connectivity index (χ3n) is 4.81. The lowest BCUT2D eigenvalue weighted by atomic mass is 9.87. The molecule has 1 aliphatic rings. The number of anilines is 1. The van der Waals surface area contributed by atoms with E-state index in [-0.39, 0.29) is 11.9 Å². The van der Waals surface area contributed by atoms with E-state index in [0.717, 1.165) is 37.8 Å². The molecule has 3 heteroatoms. The molecular formula is C21H26N2O. The Hall–Kier alpha value is -2.29. The Morgan fingerprint density at radius 1 is 1.21 bits per heavy atom. The van der Waals surface area contributed by atoms with Gasteiger partial charge in [-0.1, -0.05) is 35.9 Å². The van der Waals surface area contributed by atoms with Crippen LogP contribution in [-0.2, 0) is 17.6 Å². The highest BCUT2D eigenvalue weighted by Gasteiger charge is 2.21. The third-order valence-corrected chi connectivity index (χ3v) is 4.81. The van der Waals surface area contributed by atoms with E-state index in [1.807, 2.05) is 12.1 Å². The van der Waals surface area contributed by atoms with Crippen molar-refractivity contribution in [1.82, 2.24) is 5.32 Å². The first-order valence-electron chi connectivity index (χ1n) is 8.85. The lowest BCUT2D eigenvalue weighted by Gasteiger charge is -2.26. The predicted molar refractivity (Wildman–Crippen MR) is 98.8 cm³/mol. The number of nitrogens with one attached hydrogen (secondary N) is 1. The Balaban J connectivity index is 1.51. The SMILES string of the molecule is Cc1ccc(CCCC(=O)NC2CCCc3cc(N)ccc32)cc1. The van der Waals surface area contributed by atoms with Gasteiger partial charge in [0.05, 0.1) is 6.04 Å². The Morgan fingerprint density at radius 2 is 2.00 bits per heavy atom. The van der Waals surface area contributed by atoms with Gasteiger partial charge in [-0.3, -0.25) is 4.79 Å². The van der Waals surface area contributed by atoms with Crippen molar-refractivity contribution >= 4 is 11.6 Å². The molecule has 1 atom stereocenters. The Bertz CT molecular complexity index is 706. The monoisotopic (exact) mass is 322 g/mol. The summed E-state index contributed by atoms with van der Waals surface area (Å²) < 4.78 is 0. The van der Waals surface area contributed by atoms with Crippen LogP contribution in [0.4, 0.5) is 5.69 Å². The number of carbonyl (C=O) groups is 1. The fourth-order valence-electron chi connectivity index (χ4n) is 3.46. The molecule has 2 aromatic rings. The number of amides is 1. The van der Waals surface area contributed by atoms with E-state index in [9.17, 15) is 4.79 Å². The van der Waals surface area contributed by atoms with Crippen LogP contribution < -0.4 is 11.1 Å². The molecule has 3 nitrogen and oxygen atoms in total. The molecule has 0 fully saturated rings. The second kappa shape index (κ2) is 7.52. The fourth-order valence-corrected chi connectivity index (χ4v) is 3.46. The molecule has 24 heavy (non-hydrogen) atoms. The minimum Gasteiger partial charge on any atom is -0.399 e. The van der Waals surface area contributed by atoms with Crippen LogP contribution in [0.2, 0.25) is 0 Å². The summed E-state index contributed by atoms with van der Waals surface area (Å²) in [6.07, 6.45) is 5.59. The van der Waals surface area contributed by atoms with Crippen molar-refractivity contribution in [3.63, 3.8) is 0 Å². The topological polar surface area (TPSA) is 55.1 Å². The van der Waals surface area contributed by atoms with Gasteiger partial charge in [0.25, 0.3) is 0 Å². The van der Waals surface area contributed by atoms with Crippen molar-refractivity contribution in [3.05, 3.63) is 64.7 Å². The quantitative estimate of drug-likeness (QED) is 0.815. The van der Waals surface area contributed by atoms with Gasteiger partial charge in [-0.2, -0.15) is 0 Å². The van der Waals surface area contributed by atoms with Crippen LogP contribution in [0.25, 0.3) is 0 Å². The maximum atomic E-state index is 12.3. The van der Waals surface area contributed by atoms with E-state index in [0.29, 0.717) is 6.42 Å². The van der Waals surface area contributed by atoms with Gasteiger partial charge in [0, 0.05) is 12.1 Å². The van der Waals surface area contributed by atoms with Crippen LogP contribution in [0.3, 0.4) is 0 Å². The molecule has 2 aromatic carbocycles. The van der Waals surface area contributed by atoms with Gasteiger partial charge in [0.15, 0.2) is 0 Å². The van der Waals surface area contributed by atoms with Crippen molar-refractivity contribution in [3.8, 4) is 0 Å². The molecule has 1 unspecified atom stereocenters. The van der Waals surface area contributed by atoms with Crippen LogP contribution in [0.15, 0.2) is 42.5 Å². The number of rotatable bonds is 5. The van der Waals surface area contributed by atoms with Gasteiger partial charge >= 0.3 is 0 Å². The van der Waals surface area contributed by atoms with Crippen LogP contribution >= 0.6 is 0 Å². The van der Waals surface area contributed by atoms with E-state index in [4.69, 9.17) is 5.73 Å². The van der Waals surface area contributed by atoms with Gasteiger partial charge in [0.2, 0.25) is 5.91 Å². The van der Waals surface area contributed by atoms with Crippen molar-refractivity contribution in [2.45, 2.75) is 51.5 Å². The lowest BCUT2D eigenvalue weighted by Crippen LogP contribution is -2.30. The number of carbonyl (C=O) groups excluding carboxylic acids is 1. The first-order valence-corrected chi connectivity index (χ1v) is 8.85. The highest BCUT2D eigenvalue weighted by atomic mass is 16.1. The number of hydrogen-bond donors (Lipinski definition) is 2. The molecular weight excluding hydrogens is 296 g/mol. The van der Waals surface area contributed by atoms with E-state index >= 15 is 0 Å². The Morgan fingerprint density at radius 3 is 2.79 bits per heavy atom. The highest BCUT2D eigenvalue weighted by Crippen LogP contribution is 2.31. The van der Waals surface area contributed by atoms with Gasteiger partial charge in [-0.25, -0.2) is 0 Å². The zero-order chi connectivity index (χ0) is 16.9. The molecule has 0 aliphatic heterocycles. The summed E-state index contributed by atoms with van der Waals surface area (Å²) in [6, 6.07) is 14.7. The Kier molecular flexibility index (Phi) is 5.19. The van der Waals surface area contributed by atoms with E-state index in [2.05, 4.69) is 42.6 Å². The summed E-state index contributed by atoms with van der Waals surface area (Å²) in [4.78, 5) is 12.3. The molecule has 0 aromatic heterocycles. The number of benzene rings is 2. The van der Waals surface area contributed by atoms with Crippen LogP contribution in [-0.4, -0.2) is 5.91 Å². The van der Waals surface area contributed by atoms with Crippen LogP contribution in [0, 0.1) is 6.92 Å². The van der Waals surface area contributed by atoms with Gasteiger partial charge in [0.1, 0.15) is 0 Å². The summed E-state index contributed by atoms with van der Waals surface area (Å²) in [5.41, 5.74) is 11.8. The van der Waals surface area contributed by atoms with Gasteiger partial charge < -0.3 is 11.1 Å². The first-order chi connectivity index (χ1) is 11.6. The van der Waals surface area contributed by atoms with Crippen LogP contribution in [0.1, 0.15) is 54.0 Å². The minimum absolute atomic E-state index is 0.140. The zero-order valence-corrected chi connectivity index (χ0v) is 14.3. The third kappa shape index (κ3) is 4.16.